The van der Waals surface area contributed by atoms with E-state index in [0.717, 1.165) is 0 Å². The summed E-state index contributed by atoms with van der Waals surface area (Å²) in [5, 5.41) is 21.6. The molecule has 2 unspecified atom stereocenters. The lowest BCUT2D eigenvalue weighted by Crippen LogP contribution is -2.30. The van der Waals surface area contributed by atoms with Crippen LogP contribution >= 0.6 is 0 Å². The van der Waals surface area contributed by atoms with Gasteiger partial charge in [0.15, 0.2) is 23.0 Å². The van der Waals surface area contributed by atoms with Gasteiger partial charge in [-0.1, -0.05) is 12.1 Å². The Morgan fingerprint density at radius 3 is 2.15 bits per heavy atom. The molecule has 0 bridgehead atoms. The molecule has 0 fully saturated rings. The molecule has 0 spiro atoms. The first kappa shape index (κ1) is 24.0. The van der Waals surface area contributed by atoms with Crippen molar-refractivity contribution in [2.45, 2.75) is 50.4 Å². The third kappa shape index (κ3) is 5.22. The Kier molecular flexibility index (Phi) is 7.48. The molecular formula is C24H28N2O7. The Hall–Kier alpha value is -3.67. The second-order valence-electron chi connectivity index (χ2n) is 8.04. The number of nitriles is 1. The van der Waals surface area contributed by atoms with Gasteiger partial charge in [-0.25, -0.2) is 0 Å². The summed E-state index contributed by atoms with van der Waals surface area (Å²) in [5.41, 5.74) is -0.208. The fourth-order valence-electron chi connectivity index (χ4n) is 3.94. The number of nitrogens with zero attached hydrogens (tertiary/aromatic N) is 2. The van der Waals surface area contributed by atoms with Crippen molar-refractivity contribution < 1.29 is 28.6 Å². The summed E-state index contributed by atoms with van der Waals surface area (Å²) in [6.07, 6.45) is 0.587. The first-order valence-corrected chi connectivity index (χ1v) is 10.6. The Balaban J connectivity index is 1.68. The monoisotopic (exact) mass is 456 g/mol. The maximum absolute atomic E-state index is 11.7. The number of rotatable bonds is 11. The first-order valence-electron chi connectivity index (χ1n) is 10.6. The minimum absolute atomic E-state index is 0.120. The molecule has 1 heterocycles. The average molecular weight is 456 g/mol. The van der Waals surface area contributed by atoms with Crippen molar-refractivity contribution in [2.75, 3.05) is 21.3 Å². The summed E-state index contributed by atoms with van der Waals surface area (Å²) < 4.78 is 27.5. The van der Waals surface area contributed by atoms with Crippen LogP contribution in [0.1, 0.15) is 38.2 Å². The predicted octanol–water partition coefficient (Wildman–Crippen LogP) is 4.50. The van der Waals surface area contributed by atoms with Crippen LogP contribution in [0.3, 0.4) is 0 Å². The van der Waals surface area contributed by atoms with Crippen molar-refractivity contribution in [3.8, 4) is 34.8 Å². The quantitative estimate of drug-likeness (QED) is 0.359. The highest BCUT2D eigenvalue weighted by Crippen LogP contribution is 2.43. The Morgan fingerprint density at radius 2 is 1.70 bits per heavy atom. The number of ether oxygens (including phenoxy) is 5. The third-order valence-electron chi connectivity index (χ3n) is 5.89. The molecule has 1 aliphatic heterocycles. The number of para-hydroxylation sites is 2. The first-order chi connectivity index (χ1) is 15.8. The number of methoxy groups -OCH3 is 3. The van der Waals surface area contributed by atoms with E-state index in [1.807, 2.05) is 12.1 Å². The van der Waals surface area contributed by atoms with Crippen molar-refractivity contribution >= 4 is 0 Å². The Labute approximate surface area is 192 Å². The van der Waals surface area contributed by atoms with Gasteiger partial charge in [0.25, 0.3) is 0 Å². The van der Waals surface area contributed by atoms with E-state index in [-0.39, 0.29) is 17.8 Å². The minimum atomic E-state index is -0.898. The van der Waals surface area contributed by atoms with Crippen LogP contribution in [-0.4, -0.2) is 38.6 Å². The summed E-state index contributed by atoms with van der Waals surface area (Å²) >= 11 is 0. The van der Waals surface area contributed by atoms with Crippen molar-refractivity contribution in [1.82, 2.24) is 0 Å². The summed E-state index contributed by atoms with van der Waals surface area (Å²) in [5.74, 6) is 2.52. The molecule has 0 amide bonds. The molecule has 176 valence electrons. The van der Waals surface area contributed by atoms with Crippen LogP contribution in [0.4, 0.5) is 0 Å². The molecule has 0 aromatic heterocycles. The van der Waals surface area contributed by atoms with Crippen LogP contribution in [0, 0.1) is 21.4 Å². The molecule has 0 aliphatic carbocycles. The van der Waals surface area contributed by atoms with Crippen LogP contribution in [0.2, 0.25) is 0 Å². The van der Waals surface area contributed by atoms with E-state index >= 15 is 0 Å². The van der Waals surface area contributed by atoms with Crippen LogP contribution in [0.25, 0.3) is 0 Å². The van der Waals surface area contributed by atoms with E-state index < -0.39 is 17.7 Å². The molecule has 1 aliphatic rings. The molecular weight excluding hydrogens is 428 g/mol. The largest absolute Gasteiger partial charge is 0.493 e. The second-order valence-corrected chi connectivity index (χ2v) is 8.04. The maximum Gasteiger partial charge on any atom is 0.248 e. The molecule has 9 nitrogen and oxygen atoms in total. The van der Waals surface area contributed by atoms with Crippen molar-refractivity contribution in [3.63, 3.8) is 0 Å². The number of benzene rings is 2. The van der Waals surface area contributed by atoms with Crippen LogP contribution in [-0.2, 0) is 5.41 Å². The zero-order valence-corrected chi connectivity index (χ0v) is 19.2. The van der Waals surface area contributed by atoms with Crippen LogP contribution in [0.5, 0.6) is 28.7 Å². The molecule has 2 aromatic carbocycles. The normalized spacial score (nSPS) is 15.2. The van der Waals surface area contributed by atoms with Crippen molar-refractivity contribution in [1.29, 1.82) is 5.26 Å². The molecule has 3 rings (SSSR count). The highest BCUT2D eigenvalue weighted by Gasteiger charge is 2.34. The number of nitro groups is 1. The standard InChI is InChI=1S/C24H28N2O7/c1-24(15-25,16-12-20(29-2)23(31-4)21(13-16)30-3)11-7-8-17(26(27)28)14-22-32-18-9-5-6-10-19(18)33-22/h5-6,9-10,12-13,17,22H,7-8,11,14H2,1-4H3. The zero-order chi connectivity index (χ0) is 24.0. The van der Waals surface area contributed by atoms with E-state index in [9.17, 15) is 15.4 Å². The molecule has 9 heteroatoms. The van der Waals surface area contributed by atoms with E-state index in [0.29, 0.717) is 47.2 Å². The summed E-state index contributed by atoms with van der Waals surface area (Å²) in [6.45, 7) is 1.80. The van der Waals surface area contributed by atoms with E-state index in [4.69, 9.17) is 23.7 Å². The van der Waals surface area contributed by atoms with Gasteiger partial charge in [-0.15, -0.1) is 0 Å². The van der Waals surface area contributed by atoms with E-state index in [1.54, 1.807) is 31.2 Å². The van der Waals surface area contributed by atoms with E-state index in [1.165, 1.54) is 21.3 Å². The van der Waals surface area contributed by atoms with Gasteiger partial charge in [-0.05, 0) is 49.6 Å². The molecule has 2 aromatic rings. The Morgan fingerprint density at radius 1 is 1.12 bits per heavy atom. The Bertz CT molecular complexity index is 986. The lowest BCUT2D eigenvalue weighted by Gasteiger charge is -2.25. The predicted molar refractivity (Wildman–Crippen MR) is 120 cm³/mol. The average Bonchev–Trinajstić information content (AvgIpc) is 3.24. The summed E-state index contributed by atoms with van der Waals surface area (Å²) in [7, 11) is 4.54. The van der Waals surface area contributed by atoms with Gasteiger partial charge >= 0.3 is 0 Å². The van der Waals surface area contributed by atoms with Gasteiger partial charge in [0.05, 0.1) is 39.2 Å². The summed E-state index contributed by atoms with van der Waals surface area (Å²) in [4.78, 5) is 11.4. The smallest absolute Gasteiger partial charge is 0.248 e. The van der Waals surface area contributed by atoms with Gasteiger partial charge in [-0.3, -0.25) is 10.1 Å². The summed E-state index contributed by atoms with van der Waals surface area (Å²) in [6, 6.07) is 12.2. The molecule has 2 atom stereocenters. The SMILES string of the molecule is COc1cc(C(C)(C#N)CCCC(CC2Oc3ccccc3O2)[N+](=O)[O-])cc(OC)c1OC. The van der Waals surface area contributed by atoms with Crippen LogP contribution in [0.15, 0.2) is 36.4 Å². The number of hydrogen-bond acceptors (Lipinski definition) is 8. The van der Waals surface area contributed by atoms with Gasteiger partial charge in [0.1, 0.15) is 0 Å². The molecule has 0 saturated heterocycles. The fourth-order valence-corrected chi connectivity index (χ4v) is 3.94. The van der Waals surface area contributed by atoms with Gasteiger partial charge in [-0.2, -0.15) is 5.26 Å². The number of hydrogen-bond donors (Lipinski definition) is 0. The lowest BCUT2D eigenvalue weighted by molar-refractivity contribution is -0.527. The maximum atomic E-state index is 11.7. The highest BCUT2D eigenvalue weighted by atomic mass is 16.7. The second kappa shape index (κ2) is 10.3. The van der Waals surface area contributed by atoms with E-state index in [2.05, 4.69) is 6.07 Å². The van der Waals surface area contributed by atoms with Gasteiger partial charge in [0.2, 0.25) is 18.1 Å². The third-order valence-corrected chi connectivity index (χ3v) is 5.89. The zero-order valence-electron chi connectivity index (χ0n) is 19.2. The van der Waals surface area contributed by atoms with Gasteiger partial charge in [0, 0.05) is 11.3 Å². The number of fused-ring (bicyclic) bond motifs is 1. The fraction of sp³-hybridized carbons (Fsp3) is 0.458. The van der Waals surface area contributed by atoms with Crippen LogP contribution < -0.4 is 23.7 Å². The van der Waals surface area contributed by atoms with Crippen molar-refractivity contribution in [2.24, 2.45) is 0 Å². The molecule has 0 N–H and O–H groups in total. The topological polar surface area (TPSA) is 113 Å². The van der Waals surface area contributed by atoms with Crippen molar-refractivity contribution in [3.05, 3.63) is 52.1 Å². The molecule has 33 heavy (non-hydrogen) atoms. The lowest BCUT2D eigenvalue weighted by atomic mass is 9.79. The molecule has 0 saturated carbocycles. The highest BCUT2D eigenvalue weighted by molar-refractivity contribution is 5.56. The van der Waals surface area contributed by atoms with Gasteiger partial charge < -0.3 is 23.7 Å². The molecule has 0 radical (unpaired) electrons. The minimum Gasteiger partial charge on any atom is -0.493 e.